The minimum Gasteiger partial charge on any atom is -0.321 e. The van der Waals surface area contributed by atoms with Crippen LogP contribution in [0.3, 0.4) is 0 Å². The molecule has 0 unspecified atom stereocenters. The number of carbonyl (C=O) groups excluding carboxylic acids is 1. The van der Waals surface area contributed by atoms with Crippen LogP contribution in [0.25, 0.3) is 0 Å². The summed E-state index contributed by atoms with van der Waals surface area (Å²) in [5, 5.41) is 4.85. The van der Waals surface area contributed by atoms with E-state index in [0.717, 1.165) is 29.7 Å². The number of rotatable bonds is 5. The van der Waals surface area contributed by atoms with E-state index in [1.807, 2.05) is 31.4 Å². The van der Waals surface area contributed by atoms with Crippen LogP contribution in [0.4, 0.5) is 11.4 Å². The molecule has 1 aromatic carbocycles. The van der Waals surface area contributed by atoms with Crippen LogP contribution in [0.1, 0.15) is 40.6 Å². The number of carbonyl (C=O) groups is 1. The van der Waals surface area contributed by atoms with Crippen molar-refractivity contribution >= 4 is 38.6 Å². The number of fused-ring (bicyclic) bond motifs is 1. The summed E-state index contributed by atoms with van der Waals surface area (Å²) in [4.78, 5) is 13.0. The molecule has 3 rings (SSSR count). The van der Waals surface area contributed by atoms with Crippen molar-refractivity contribution in [1.29, 1.82) is 0 Å². The SMILES string of the molecule is CCCS(=O)(=O)N1CCCc2cc(NC(=O)c3cc(C)cs3)ccc21. The number of hydrogen-bond donors (Lipinski definition) is 1. The molecule has 0 saturated heterocycles. The maximum absolute atomic E-state index is 12.5. The largest absolute Gasteiger partial charge is 0.321 e. The molecule has 1 amide bonds. The van der Waals surface area contributed by atoms with Crippen LogP contribution in [0.5, 0.6) is 0 Å². The fraction of sp³-hybridized carbons (Fsp3) is 0.389. The Hall–Kier alpha value is -1.86. The second-order valence-electron chi connectivity index (χ2n) is 6.28. The maximum atomic E-state index is 12.5. The summed E-state index contributed by atoms with van der Waals surface area (Å²) >= 11 is 1.42. The predicted molar refractivity (Wildman–Crippen MR) is 103 cm³/mol. The lowest BCUT2D eigenvalue weighted by Crippen LogP contribution is -2.37. The Morgan fingerprint density at radius 1 is 1.32 bits per heavy atom. The minimum absolute atomic E-state index is 0.135. The van der Waals surface area contributed by atoms with Crippen molar-refractivity contribution in [3.8, 4) is 0 Å². The molecule has 1 aliphatic heterocycles. The van der Waals surface area contributed by atoms with Gasteiger partial charge in [0, 0.05) is 12.2 Å². The molecule has 0 bridgehead atoms. The number of aryl methyl sites for hydroxylation is 2. The smallest absolute Gasteiger partial charge is 0.265 e. The van der Waals surface area contributed by atoms with Crippen molar-refractivity contribution in [3.05, 3.63) is 45.6 Å². The highest BCUT2D eigenvalue weighted by atomic mass is 32.2. The lowest BCUT2D eigenvalue weighted by molar-refractivity contribution is 0.103. The second-order valence-corrected chi connectivity index (χ2v) is 9.20. The summed E-state index contributed by atoms with van der Waals surface area (Å²) in [7, 11) is -3.28. The van der Waals surface area contributed by atoms with Gasteiger partial charge in [-0.2, -0.15) is 0 Å². The molecule has 0 radical (unpaired) electrons. The van der Waals surface area contributed by atoms with Crippen LogP contribution in [0, 0.1) is 6.92 Å². The Kier molecular flexibility index (Phi) is 5.15. The van der Waals surface area contributed by atoms with E-state index in [1.165, 1.54) is 15.6 Å². The van der Waals surface area contributed by atoms with E-state index in [4.69, 9.17) is 0 Å². The molecule has 134 valence electrons. The number of sulfonamides is 1. The van der Waals surface area contributed by atoms with Gasteiger partial charge >= 0.3 is 0 Å². The van der Waals surface area contributed by atoms with E-state index in [2.05, 4.69) is 5.32 Å². The van der Waals surface area contributed by atoms with Gasteiger partial charge < -0.3 is 5.32 Å². The van der Waals surface area contributed by atoms with Crippen molar-refractivity contribution in [1.82, 2.24) is 0 Å². The standard InChI is InChI=1S/C18H22N2O3S2/c1-3-9-25(22,23)20-8-4-5-14-11-15(6-7-16(14)20)19-18(21)17-10-13(2)12-24-17/h6-7,10-12H,3-5,8-9H2,1-2H3,(H,19,21). The fourth-order valence-corrected chi connectivity index (χ4v) is 5.45. The van der Waals surface area contributed by atoms with E-state index in [1.54, 1.807) is 12.1 Å². The summed E-state index contributed by atoms with van der Waals surface area (Å²) in [6, 6.07) is 7.33. The van der Waals surface area contributed by atoms with Gasteiger partial charge in [-0.15, -0.1) is 11.3 Å². The van der Waals surface area contributed by atoms with Crippen molar-refractivity contribution in [2.45, 2.75) is 33.1 Å². The number of nitrogens with zero attached hydrogens (tertiary/aromatic N) is 1. The van der Waals surface area contributed by atoms with E-state index >= 15 is 0 Å². The van der Waals surface area contributed by atoms with Gasteiger partial charge in [0.2, 0.25) is 10.0 Å². The first kappa shape index (κ1) is 17.9. The number of amides is 1. The Labute approximate surface area is 152 Å². The zero-order valence-corrected chi connectivity index (χ0v) is 16.0. The van der Waals surface area contributed by atoms with Crippen molar-refractivity contribution in [2.75, 3.05) is 21.9 Å². The van der Waals surface area contributed by atoms with E-state index in [9.17, 15) is 13.2 Å². The summed E-state index contributed by atoms with van der Waals surface area (Å²) in [6.07, 6.45) is 2.20. The summed E-state index contributed by atoms with van der Waals surface area (Å²) in [5.41, 5.74) is 3.47. The molecule has 2 heterocycles. The minimum atomic E-state index is -3.28. The van der Waals surface area contributed by atoms with Crippen LogP contribution < -0.4 is 9.62 Å². The third-order valence-electron chi connectivity index (χ3n) is 4.17. The first-order valence-electron chi connectivity index (χ1n) is 8.40. The first-order valence-corrected chi connectivity index (χ1v) is 10.9. The molecule has 2 aromatic rings. The van der Waals surface area contributed by atoms with Crippen molar-refractivity contribution in [2.24, 2.45) is 0 Å². The maximum Gasteiger partial charge on any atom is 0.265 e. The number of anilines is 2. The molecule has 1 aromatic heterocycles. The molecule has 7 heteroatoms. The van der Waals surface area contributed by atoms with Gasteiger partial charge in [0.1, 0.15) is 0 Å². The van der Waals surface area contributed by atoms with E-state index in [-0.39, 0.29) is 11.7 Å². The number of hydrogen-bond acceptors (Lipinski definition) is 4. The zero-order valence-electron chi connectivity index (χ0n) is 14.4. The molecular formula is C18H22N2O3S2. The summed E-state index contributed by atoms with van der Waals surface area (Å²) in [5.74, 6) is 0.0205. The van der Waals surface area contributed by atoms with Crippen LogP contribution >= 0.6 is 11.3 Å². The average molecular weight is 379 g/mol. The molecule has 25 heavy (non-hydrogen) atoms. The Morgan fingerprint density at radius 2 is 2.12 bits per heavy atom. The number of benzene rings is 1. The summed E-state index contributed by atoms with van der Waals surface area (Å²) in [6.45, 7) is 4.35. The highest BCUT2D eigenvalue weighted by Crippen LogP contribution is 2.32. The van der Waals surface area contributed by atoms with Crippen LogP contribution in [0.15, 0.2) is 29.6 Å². The van der Waals surface area contributed by atoms with E-state index in [0.29, 0.717) is 23.5 Å². The molecule has 0 aliphatic carbocycles. The van der Waals surface area contributed by atoms with Gasteiger partial charge in [-0.3, -0.25) is 9.10 Å². The average Bonchev–Trinajstić information content (AvgIpc) is 3.00. The zero-order chi connectivity index (χ0) is 18.0. The summed E-state index contributed by atoms with van der Waals surface area (Å²) < 4.78 is 26.4. The second kappa shape index (κ2) is 7.17. The normalized spacial score (nSPS) is 14.2. The van der Waals surface area contributed by atoms with Gasteiger partial charge in [-0.1, -0.05) is 6.92 Å². The van der Waals surface area contributed by atoms with Gasteiger partial charge in [-0.25, -0.2) is 8.42 Å². The third kappa shape index (κ3) is 3.88. The molecule has 1 aliphatic rings. The van der Waals surface area contributed by atoms with Gasteiger partial charge in [0.05, 0.1) is 16.3 Å². The lowest BCUT2D eigenvalue weighted by atomic mass is 10.0. The van der Waals surface area contributed by atoms with Gasteiger partial charge in [0.15, 0.2) is 0 Å². The predicted octanol–water partition coefficient (Wildman–Crippen LogP) is 3.80. The molecule has 0 fully saturated rings. The quantitative estimate of drug-likeness (QED) is 0.860. The topological polar surface area (TPSA) is 66.5 Å². The fourth-order valence-electron chi connectivity index (χ4n) is 3.04. The molecule has 5 nitrogen and oxygen atoms in total. The Morgan fingerprint density at radius 3 is 2.80 bits per heavy atom. The molecule has 0 spiro atoms. The number of thiophene rings is 1. The number of nitrogens with one attached hydrogen (secondary N) is 1. The Bertz CT molecular complexity index is 887. The van der Waals surface area contributed by atoms with Gasteiger partial charge in [-0.05, 0) is 67.0 Å². The van der Waals surface area contributed by atoms with Crippen LogP contribution in [-0.2, 0) is 16.4 Å². The Balaban J connectivity index is 1.83. The van der Waals surface area contributed by atoms with Crippen LogP contribution in [0.2, 0.25) is 0 Å². The first-order chi connectivity index (χ1) is 11.9. The van der Waals surface area contributed by atoms with Crippen molar-refractivity contribution < 1.29 is 13.2 Å². The third-order valence-corrected chi connectivity index (χ3v) is 7.19. The molecule has 0 saturated carbocycles. The van der Waals surface area contributed by atoms with Crippen molar-refractivity contribution in [3.63, 3.8) is 0 Å². The monoisotopic (exact) mass is 378 g/mol. The van der Waals surface area contributed by atoms with E-state index < -0.39 is 10.0 Å². The highest BCUT2D eigenvalue weighted by molar-refractivity contribution is 7.92. The highest BCUT2D eigenvalue weighted by Gasteiger charge is 2.27. The molecular weight excluding hydrogens is 356 g/mol. The van der Waals surface area contributed by atoms with Crippen LogP contribution in [-0.4, -0.2) is 26.6 Å². The van der Waals surface area contributed by atoms with Gasteiger partial charge in [0.25, 0.3) is 5.91 Å². The lowest BCUT2D eigenvalue weighted by Gasteiger charge is -2.30. The molecule has 1 N–H and O–H groups in total. The molecule has 0 atom stereocenters.